The Balaban J connectivity index is 1.91. The van der Waals surface area contributed by atoms with Gasteiger partial charge in [0, 0.05) is 25.2 Å². The van der Waals surface area contributed by atoms with Crippen molar-refractivity contribution in [3.05, 3.63) is 0 Å². The SMILES string of the molecule is CC1C(N)CCN1CC1(O)CCCC1. The van der Waals surface area contributed by atoms with Crippen molar-refractivity contribution >= 4 is 0 Å². The van der Waals surface area contributed by atoms with Gasteiger partial charge in [0.25, 0.3) is 0 Å². The maximum Gasteiger partial charge on any atom is 0.0774 e. The molecule has 0 aromatic heterocycles. The largest absolute Gasteiger partial charge is 0.389 e. The second-order valence-corrected chi connectivity index (χ2v) is 5.10. The lowest BCUT2D eigenvalue weighted by Gasteiger charge is -2.31. The third-order valence-electron chi connectivity index (χ3n) is 3.98. The monoisotopic (exact) mass is 198 g/mol. The molecule has 2 rings (SSSR count). The van der Waals surface area contributed by atoms with Crippen LogP contribution in [-0.2, 0) is 0 Å². The van der Waals surface area contributed by atoms with Gasteiger partial charge in [-0.2, -0.15) is 0 Å². The Bertz CT molecular complexity index is 201. The van der Waals surface area contributed by atoms with E-state index in [0.29, 0.717) is 12.1 Å². The number of hydrogen-bond acceptors (Lipinski definition) is 3. The first kappa shape index (κ1) is 10.4. The van der Waals surface area contributed by atoms with E-state index >= 15 is 0 Å². The highest BCUT2D eigenvalue weighted by Gasteiger charge is 2.37. The minimum Gasteiger partial charge on any atom is -0.389 e. The predicted octanol–water partition coefficient (Wildman–Crippen LogP) is 0.713. The van der Waals surface area contributed by atoms with Crippen molar-refractivity contribution in [3.63, 3.8) is 0 Å². The van der Waals surface area contributed by atoms with Gasteiger partial charge in [0.2, 0.25) is 0 Å². The highest BCUT2D eigenvalue weighted by Crippen LogP contribution is 2.32. The van der Waals surface area contributed by atoms with Crippen molar-refractivity contribution in [2.75, 3.05) is 13.1 Å². The summed E-state index contributed by atoms with van der Waals surface area (Å²) in [7, 11) is 0. The first-order valence-electron chi connectivity index (χ1n) is 5.83. The zero-order valence-electron chi connectivity index (χ0n) is 9.08. The smallest absolute Gasteiger partial charge is 0.0774 e. The van der Waals surface area contributed by atoms with Gasteiger partial charge in [0.1, 0.15) is 0 Å². The third-order valence-corrected chi connectivity index (χ3v) is 3.98. The van der Waals surface area contributed by atoms with Crippen molar-refractivity contribution in [2.24, 2.45) is 5.73 Å². The number of hydrogen-bond donors (Lipinski definition) is 2. The Morgan fingerprint density at radius 3 is 2.57 bits per heavy atom. The minimum atomic E-state index is -0.404. The van der Waals surface area contributed by atoms with E-state index in [1.807, 2.05) is 0 Å². The number of aliphatic hydroxyl groups is 1. The Morgan fingerprint density at radius 1 is 1.43 bits per heavy atom. The van der Waals surface area contributed by atoms with Crippen LogP contribution in [0, 0.1) is 0 Å². The van der Waals surface area contributed by atoms with Crippen molar-refractivity contribution in [3.8, 4) is 0 Å². The molecular weight excluding hydrogens is 176 g/mol. The first-order valence-corrected chi connectivity index (χ1v) is 5.83. The number of β-amino-alcohol motifs (C(OH)–C–C–N with tert-alkyl or cyclic N) is 1. The first-order chi connectivity index (χ1) is 6.61. The summed E-state index contributed by atoms with van der Waals surface area (Å²) in [6.45, 7) is 4.07. The fourth-order valence-corrected chi connectivity index (χ4v) is 2.82. The fourth-order valence-electron chi connectivity index (χ4n) is 2.82. The lowest BCUT2D eigenvalue weighted by Crippen LogP contribution is -2.45. The lowest BCUT2D eigenvalue weighted by molar-refractivity contribution is 0.00686. The molecule has 1 aliphatic heterocycles. The van der Waals surface area contributed by atoms with Gasteiger partial charge >= 0.3 is 0 Å². The van der Waals surface area contributed by atoms with Gasteiger partial charge in [-0.05, 0) is 26.2 Å². The van der Waals surface area contributed by atoms with Gasteiger partial charge in [-0.25, -0.2) is 0 Å². The Hall–Kier alpha value is -0.120. The number of nitrogens with two attached hydrogens (primary N) is 1. The van der Waals surface area contributed by atoms with Crippen LogP contribution in [0.2, 0.25) is 0 Å². The molecule has 1 saturated carbocycles. The summed E-state index contributed by atoms with van der Waals surface area (Å²) in [6.07, 6.45) is 5.41. The molecular formula is C11H22N2O. The molecule has 0 spiro atoms. The van der Waals surface area contributed by atoms with E-state index in [-0.39, 0.29) is 0 Å². The van der Waals surface area contributed by atoms with Gasteiger partial charge in [-0.1, -0.05) is 12.8 Å². The van der Waals surface area contributed by atoms with E-state index in [1.165, 1.54) is 12.8 Å². The molecule has 1 aliphatic carbocycles. The van der Waals surface area contributed by atoms with Crippen LogP contribution in [0.3, 0.4) is 0 Å². The second-order valence-electron chi connectivity index (χ2n) is 5.10. The van der Waals surface area contributed by atoms with Crippen LogP contribution in [-0.4, -0.2) is 40.8 Å². The predicted molar refractivity (Wildman–Crippen MR) is 57.0 cm³/mol. The number of nitrogens with zero attached hydrogens (tertiary/aromatic N) is 1. The van der Waals surface area contributed by atoms with Crippen molar-refractivity contribution in [2.45, 2.75) is 56.7 Å². The summed E-state index contributed by atoms with van der Waals surface area (Å²) in [6, 6.07) is 0.750. The van der Waals surface area contributed by atoms with Crippen LogP contribution in [0.5, 0.6) is 0 Å². The molecule has 1 saturated heterocycles. The molecule has 0 radical (unpaired) electrons. The van der Waals surface area contributed by atoms with E-state index in [2.05, 4.69) is 11.8 Å². The normalized spacial score (nSPS) is 37.9. The quantitative estimate of drug-likeness (QED) is 0.687. The van der Waals surface area contributed by atoms with Crippen LogP contribution >= 0.6 is 0 Å². The zero-order valence-corrected chi connectivity index (χ0v) is 9.08. The van der Waals surface area contributed by atoms with E-state index in [9.17, 15) is 5.11 Å². The lowest BCUT2D eigenvalue weighted by atomic mass is 10.0. The summed E-state index contributed by atoms with van der Waals surface area (Å²) in [5, 5.41) is 10.3. The fraction of sp³-hybridized carbons (Fsp3) is 1.00. The highest BCUT2D eigenvalue weighted by atomic mass is 16.3. The summed E-state index contributed by atoms with van der Waals surface area (Å²) < 4.78 is 0. The van der Waals surface area contributed by atoms with E-state index in [1.54, 1.807) is 0 Å². The molecule has 3 nitrogen and oxygen atoms in total. The molecule has 0 bridgehead atoms. The second kappa shape index (κ2) is 3.80. The maximum atomic E-state index is 10.3. The summed E-state index contributed by atoms with van der Waals surface area (Å²) in [4.78, 5) is 2.36. The molecule has 82 valence electrons. The van der Waals surface area contributed by atoms with Crippen LogP contribution in [0.4, 0.5) is 0 Å². The molecule has 2 fully saturated rings. The average molecular weight is 198 g/mol. The van der Waals surface area contributed by atoms with E-state index < -0.39 is 5.60 Å². The molecule has 0 aromatic rings. The van der Waals surface area contributed by atoms with Crippen molar-refractivity contribution in [1.29, 1.82) is 0 Å². The molecule has 0 aromatic carbocycles. The highest BCUT2D eigenvalue weighted by molar-refractivity contribution is 4.93. The molecule has 0 amide bonds. The molecule has 3 N–H and O–H groups in total. The number of rotatable bonds is 2. The summed E-state index contributed by atoms with van der Waals surface area (Å²) in [5.41, 5.74) is 5.56. The van der Waals surface area contributed by atoms with Crippen LogP contribution in [0.1, 0.15) is 39.0 Å². The Labute approximate surface area is 86.3 Å². The van der Waals surface area contributed by atoms with Gasteiger partial charge < -0.3 is 10.8 Å². The average Bonchev–Trinajstić information content (AvgIpc) is 2.68. The van der Waals surface area contributed by atoms with Crippen LogP contribution in [0.25, 0.3) is 0 Å². The van der Waals surface area contributed by atoms with Gasteiger partial charge in [0.15, 0.2) is 0 Å². The summed E-state index contributed by atoms with van der Waals surface area (Å²) >= 11 is 0. The standard InChI is InChI=1S/C11H22N2O/c1-9-10(12)4-7-13(9)8-11(14)5-2-3-6-11/h9-10,14H,2-8,12H2,1H3. The topological polar surface area (TPSA) is 49.5 Å². The van der Waals surface area contributed by atoms with Gasteiger partial charge in [-0.3, -0.25) is 4.90 Å². The third kappa shape index (κ3) is 1.95. The molecule has 2 unspecified atom stereocenters. The Morgan fingerprint density at radius 2 is 2.07 bits per heavy atom. The van der Waals surface area contributed by atoms with Gasteiger partial charge in [0.05, 0.1) is 5.60 Å². The van der Waals surface area contributed by atoms with Crippen LogP contribution < -0.4 is 5.73 Å². The molecule has 2 atom stereocenters. The molecule has 2 aliphatic rings. The maximum absolute atomic E-state index is 10.3. The Kier molecular flexibility index (Phi) is 2.82. The number of likely N-dealkylation sites (tertiary alicyclic amines) is 1. The van der Waals surface area contributed by atoms with Crippen molar-refractivity contribution in [1.82, 2.24) is 4.90 Å². The minimum absolute atomic E-state index is 0.306. The van der Waals surface area contributed by atoms with Crippen LogP contribution in [0.15, 0.2) is 0 Å². The molecule has 1 heterocycles. The molecule has 14 heavy (non-hydrogen) atoms. The molecule has 3 heteroatoms. The van der Waals surface area contributed by atoms with E-state index in [0.717, 1.165) is 32.4 Å². The van der Waals surface area contributed by atoms with Gasteiger partial charge in [-0.15, -0.1) is 0 Å². The summed E-state index contributed by atoms with van der Waals surface area (Å²) in [5.74, 6) is 0. The van der Waals surface area contributed by atoms with E-state index in [4.69, 9.17) is 5.73 Å². The van der Waals surface area contributed by atoms with Crippen molar-refractivity contribution < 1.29 is 5.11 Å². The zero-order chi connectivity index (χ0) is 10.2.